The van der Waals surface area contributed by atoms with Gasteiger partial charge in [0.05, 0.1) is 17.4 Å². The van der Waals surface area contributed by atoms with E-state index in [4.69, 9.17) is 10.6 Å². The van der Waals surface area contributed by atoms with Crippen LogP contribution >= 0.6 is 0 Å². The molecular formula is C14H30N2O3S. The van der Waals surface area contributed by atoms with Gasteiger partial charge in [-0.3, -0.25) is 11.3 Å². The zero-order valence-electron chi connectivity index (χ0n) is 13.3. The molecule has 120 valence electrons. The highest BCUT2D eigenvalue weighted by atomic mass is 32.2. The van der Waals surface area contributed by atoms with Crippen LogP contribution in [-0.2, 0) is 14.6 Å². The fourth-order valence-corrected chi connectivity index (χ4v) is 4.60. The van der Waals surface area contributed by atoms with Crippen molar-refractivity contribution in [2.45, 2.75) is 63.9 Å². The molecule has 0 aromatic rings. The van der Waals surface area contributed by atoms with Gasteiger partial charge in [0.25, 0.3) is 0 Å². The van der Waals surface area contributed by atoms with Crippen LogP contribution in [0.15, 0.2) is 0 Å². The van der Waals surface area contributed by atoms with Crippen molar-refractivity contribution in [1.29, 1.82) is 0 Å². The van der Waals surface area contributed by atoms with Crippen LogP contribution in [-0.4, -0.2) is 39.2 Å². The average molecular weight is 306 g/mol. The van der Waals surface area contributed by atoms with Crippen molar-refractivity contribution < 1.29 is 13.2 Å². The van der Waals surface area contributed by atoms with E-state index in [-0.39, 0.29) is 28.7 Å². The van der Waals surface area contributed by atoms with Crippen molar-refractivity contribution in [3.8, 4) is 0 Å². The first-order valence-electron chi connectivity index (χ1n) is 7.29. The fourth-order valence-electron chi connectivity index (χ4n) is 3.41. The smallest absolute Gasteiger partial charge is 0.150 e. The minimum Gasteiger partial charge on any atom is -0.379 e. The summed E-state index contributed by atoms with van der Waals surface area (Å²) in [5.41, 5.74) is 2.83. The molecule has 1 rings (SSSR count). The first kappa shape index (κ1) is 17.9. The van der Waals surface area contributed by atoms with E-state index in [2.05, 4.69) is 26.2 Å². The molecule has 4 unspecified atom stereocenters. The van der Waals surface area contributed by atoms with Crippen LogP contribution in [0.3, 0.4) is 0 Å². The molecule has 5 nitrogen and oxygen atoms in total. The molecule has 6 heteroatoms. The van der Waals surface area contributed by atoms with E-state index in [1.54, 1.807) is 7.11 Å². The van der Waals surface area contributed by atoms with Gasteiger partial charge < -0.3 is 4.74 Å². The Hall–Kier alpha value is -0.170. The molecule has 0 heterocycles. The molecule has 1 saturated carbocycles. The van der Waals surface area contributed by atoms with Gasteiger partial charge in [-0.2, -0.15) is 0 Å². The Morgan fingerprint density at radius 2 is 1.90 bits per heavy atom. The van der Waals surface area contributed by atoms with Crippen LogP contribution in [0.1, 0.15) is 46.5 Å². The number of hydrazine groups is 1. The van der Waals surface area contributed by atoms with Crippen molar-refractivity contribution in [1.82, 2.24) is 5.43 Å². The van der Waals surface area contributed by atoms with Crippen molar-refractivity contribution in [2.75, 3.05) is 13.4 Å². The number of nitrogens with two attached hydrogens (primary N) is 1. The third kappa shape index (κ3) is 4.41. The highest BCUT2D eigenvalue weighted by Gasteiger charge is 2.40. The monoisotopic (exact) mass is 306 g/mol. The zero-order chi connectivity index (χ0) is 15.6. The lowest BCUT2D eigenvalue weighted by molar-refractivity contribution is -0.0309. The summed E-state index contributed by atoms with van der Waals surface area (Å²) in [4.78, 5) is 0. The number of nitrogens with one attached hydrogen (secondary N) is 1. The Morgan fingerprint density at radius 3 is 2.30 bits per heavy atom. The highest BCUT2D eigenvalue weighted by Crippen LogP contribution is 2.35. The molecule has 0 bridgehead atoms. The van der Waals surface area contributed by atoms with Crippen LogP contribution in [0.4, 0.5) is 0 Å². The molecule has 3 N–H and O–H groups in total. The first-order chi connectivity index (χ1) is 9.11. The summed E-state index contributed by atoms with van der Waals surface area (Å²) in [6.45, 7) is 6.34. The summed E-state index contributed by atoms with van der Waals surface area (Å²) < 4.78 is 29.2. The molecule has 20 heavy (non-hydrogen) atoms. The second-order valence-corrected chi connectivity index (χ2v) is 9.42. The molecular weight excluding hydrogens is 276 g/mol. The summed E-state index contributed by atoms with van der Waals surface area (Å²) >= 11 is 0. The lowest BCUT2D eigenvalue weighted by Gasteiger charge is -2.42. The van der Waals surface area contributed by atoms with E-state index in [0.717, 1.165) is 19.3 Å². The van der Waals surface area contributed by atoms with E-state index >= 15 is 0 Å². The van der Waals surface area contributed by atoms with Gasteiger partial charge >= 0.3 is 0 Å². The lowest BCUT2D eigenvalue weighted by atomic mass is 9.75. The molecule has 0 aromatic carbocycles. The Kier molecular flexibility index (Phi) is 6.01. The van der Waals surface area contributed by atoms with Gasteiger partial charge in [-0.25, -0.2) is 8.42 Å². The molecule has 4 atom stereocenters. The van der Waals surface area contributed by atoms with Gasteiger partial charge in [-0.15, -0.1) is 0 Å². The number of hydrogen-bond acceptors (Lipinski definition) is 5. The zero-order valence-corrected chi connectivity index (χ0v) is 14.2. The number of ether oxygens (including phenoxy) is 1. The molecule has 0 radical (unpaired) electrons. The van der Waals surface area contributed by atoms with Crippen molar-refractivity contribution in [3.05, 3.63) is 0 Å². The fraction of sp³-hybridized carbons (Fsp3) is 1.00. The average Bonchev–Trinajstić information content (AvgIpc) is 2.33. The minimum atomic E-state index is -2.98. The van der Waals surface area contributed by atoms with Crippen LogP contribution in [0.25, 0.3) is 0 Å². The van der Waals surface area contributed by atoms with Gasteiger partial charge in [0, 0.05) is 13.4 Å². The quantitative estimate of drug-likeness (QED) is 0.594. The largest absolute Gasteiger partial charge is 0.379 e. The van der Waals surface area contributed by atoms with E-state index in [1.165, 1.54) is 6.26 Å². The van der Waals surface area contributed by atoms with Crippen LogP contribution in [0.5, 0.6) is 0 Å². The Balaban J connectivity index is 2.89. The van der Waals surface area contributed by atoms with Gasteiger partial charge in [-0.1, -0.05) is 27.2 Å². The predicted octanol–water partition coefficient (Wildman–Crippen LogP) is 1.48. The van der Waals surface area contributed by atoms with Crippen molar-refractivity contribution in [2.24, 2.45) is 17.2 Å². The molecule has 1 fully saturated rings. The van der Waals surface area contributed by atoms with E-state index in [1.807, 2.05) is 0 Å². The summed E-state index contributed by atoms with van der Waals surface area (Å²) in [6.07, 6.45) is 4.65. The molecule has 0 aromatic heterocycles. The van der Waals surface area contributed by atoms with E-state index in [0.29, 0.717) is 6.42 Å². The van der Waals surface area contributed by atoms with Crippen molar-refractivity contribution >= 4 is 9.84 Å². The standard InChI is InChI=1S/C14H30N2O3S/c1-14(2,3)13(19-4)12(16-15)10-7-6-8-11(9-10)20(5,17)18/h10-13,16H,6-9,15H2,1-5H3. The topological polar surface area (TPSA) is 81.4 Å². The summed E-state index contributed by atoms with van der Waals surface area (Å²) in [7, 11) is -1.29. The SMILES string of the molecule is COC(C(NN)C1CCCC(S(C)(=O)=O)C1)C(C)(C)C. The van der Waals surface area contributed by atoms with Gasteiger partial charge in [-0.05, 0) is 30.6 Å². The van der Waals surface area contributed by atoms with Crippen LogP contribution < -0.4 is 11.3 Å². The highest BCUT2D eigenvalue weighted by molar-refractivity contribution is 7.91. The molecule has 0 aliphatic heterocycles. The van der Waals surface area contributed by atoms with E-state index in [9.17, 15) is 8.42 Å². The number of methoxy groups -OCH3 is 1. The normalized spacial score (nSPS) is 28.1. The Morgan fingerprint density at radius 1 is 1.30 bits per heavy atom. The molecule has 1 aliphatic rings. The third-order valence-corrected chi connectivity index (χ3v) is 6.05. The summed E-state index contributed by atoms with van der Waals surface area (Å²) in [6, 6.07) is -0.0236. The van der Waals surface area contributed by atoms with Crippen molar-refractivity contribution in [3.63, 3.8) is 0 Å². The van der Waals surface area contributed by atoms with Gasteiger partial charge in [0.2, 0.25) is 0 Å². The van der Waals surface area contributed by atoms with E-state index < -0.39 is 9.84 Å². The number of hydrogen-bond donors (Lipinski definition) is 2. The second kappa shape index (κ2) is 6.73. The maximum atomic E-state index is 11.8. The third-order valence-electron chi connectivity index (χ3n) is 4.41. The molecule has 1 aliphatic carbocycles. The molecule has 0 amide bonds. The molecule has 0 saturated heterocycles. The van der Waals surface area contributed by atoms with Gasteiger partial charge in [0.15, 0.2) is 0 Å². The maximum absolute atomic E-state index is 11.8. The maximum Gasteiger partial charge on any atom is 0.150 e. The summed E-state index contributed by atoms with van der Waals surface area (Å²) in [5, 5.41) is -0.241. The Labute approximate surface area is 123 Å². The predicted molar refractivity (Wildman–Crippen MR) is 82.0 cm³/mol. The van der Waals surface area contributed by atoms with Crippen LogP contribution in [0.2, 0.25) is 0 Å². The van der Waals surface area contributed by atoms with Gasteiger partial charge in [0.1, 0.15) is 9.84 Å². The second-order valence-electron chi connectivity index (χ2n) is 7.09. The summed E-state index contributed by atoms with van der Waals surface area (Å²) in [5.74, 6) is 5.99. The number of sulfone groups is 1. The lowest BCUT2D eigenvalue weighted by Crippen LogP contribution is -2.55. The first-order valence-corrected chi connectivity index (χ1v) is 9.24. The minimum absolute atomic E-state index is 0.0236. The molecule has 0 spiro atoms. The Bertz CT molecular complexity index is 403. The van der Waals surface area contributed by atoms with Crippen LogP contribution in [0, 0.1) is 11.3 Å². The number of rotatable bonds is 5.